The molecule has 6 rings (SSSR count). The van der Waals surface area contributed by atoms with Crippen molar-refractivity contribution in [1.82, 2.24) is 9.88 Å². The van der Waals surface area contributed by atoms with Crippen LogP contribution in [0.2, 0.25) is 0 Å². The quantitative estimate of drug-likeness (QED) is 0.797. The minimum atomic E-state index is -0.240. The summed E-state index contributed by atoms with van der Waals surface area (Å²) in [6.07, 6.45) is 5.90. The number of fused-ring (bicyclic) bond motifs is 6. The first-order chi connectivity index (χ1) is 12.3. The van der Waals surface area contributed by atoms with Crippen LogP contribution in [-0.4, -0.2) is 42.0 Å². The Kier molecular flexibility index (Phi) is 3.14. The molecule has 1 aliphatic carbocycles. The highest BCUT2D eigenvalue weighted by Gasteiger charge is 2.49. The molecule has 4 heteroatoms. The van der Waals surface area contributed by atoms with Gasteiger partial charge in [-0.25, -0.2) is 0 Å². The number of nitrogens with zero attached hydrogens (tertiary/aromatic N) is 1. The number of hydrogen-bond donors (Lipinski definition) is 1. The van der Waals surface area contributed by atoms with Crippen molar-refractivity contribution in [3.8, 4) is 0 Å². The maximum absolute atomic E-state index is 6.02. The van der Waals surface area contributed by atoms with Crippen molar-refractivity contribution < 1.29 is 9.47 Å². The molecule has 3 aliphatic heterocycles. The van der Waals surface area contributed by atoms with Gasteiger partial charge in [-0.1, -0.05) is 18.2 Å². The fraction of sp³-hybridized carbons (Fsp3) is 0.619. The Balaban J connectivity index is 1.31. The van der Waals surface area contributed by atoms with Crippen LogP contribution in [0.1, 0.15) is 43.0 Å². The van der Waals surface area contributed by atoms with Crippen LogP contribution in [-0.2, 0) is 15.9 Å². The Morgan fingerprint density at radius 1 is 1.12 bits per heavy atom. The fourth-order valence-corrected chi connectivity index (χ4v) is 6.03. The van der Waals surface area contributed by atoms with Crippen LogP contribution in [0.5, 0.6) is 0 Å². The van der Waals surface area contributed by atoms with Gasteiger partial charge in [0.2, 0.25) is 0 Å². The largest absolute Gasteiger partial charge is 0.357 e. The summed E-state index contributed by atoms with van der Waals surface area (Å²) in [5.74, 6) is 1.31. The first-order valence-electron chi connectivity index (χ1n) is 9.93. The molecular weight excluding hydrogens is 312 g/mol. The minimum absolute atomic E-state index is 0.240. The Labute approximate surface area is 148 Å². The number of aromatic nitrogens is 1. The summed E-state index contributed by atoms with van der Waals surface area (Å²) < 4.78 is 12.0. The second kappa shape index (κ2) is 5.32. The molecule has 1 aromatic heterocycles. The van der Waals surface area contributed by atoms with Crippen LogP contribution >= 0.6 is 0 Å². The van der Waals surface area contributed by atoms with Gasteiger partial charge < -0.3 is 14.5 Å². The van der Waals surface area contributed by atoms with E-state index in [1.165, 1.54) is 48.9 Å². The highest BCUT2D eigenvalue weighted by atomic mass is 16.7. The zero-order chi connectivity index (χ0) is 16.4. The maximum atomic E-state index is 6.02. The van der Waals surface area contributed by atoms with E-state index in [0.29, 0.717) is 6.04 Å². The summed E-state index contributed by atoms with van der Waals surface area (Å²) in [6.45, 7) is 3.96. The predicted molar refractivity (Wildman–Crippen MR) is 96.4 cm³/mol. The Hall–Kier alpha value is -1.36. The third kappa shape index (κ3) is 2.17. The van der Waals surface area contributed by atoms with E-state index in [1.54, 1.807) is 5.56 Å². The minimum Gasteiger partial charge on any atom is -0.357 e. The number of piperidine rings is 1. The summed E-state index contributed by atoms with van der Waals surface area (Å²) in [6, 6.07) is 9.40. The topological polar surface area (TPSA) is 37.5 Å². The summed E-state index contributed by atoms with van der Waals surface area (Å²) in [7, 11) is 0. The van der Waals surface area contributed by atoms with Crippen molar-refractivity contribution in [1.29, 1.82) is 0 Å². The van der Waals surface area contributed by atoms with E-state index in [4.69, 9.17) is 9.47 Å². The lowest BCUT2D eigenvalue weighted by molar-refractivity contribution is -0.203. The first-order valence-corrected chi connectivity index (χ1v) is 9.93. The average Bonchev–Trinajstić information content (AvgIpc) is 3.25. The third-order valence-corrected chi connectivity index (χ3v) is 7.21. The summed E-state index contributed by atoms with van der Waals surface area (Å²) >= 11 is 0. The number of H-pyrrole nitrogens is 1. The lowest BCUT2D eigenvalue weighted by atomic mass is 9.69. The van der Waals surface area contributed by atoms with Crippen molar-refractivity contribution in [2.24, 2.45) is 11.8 Å². The van der Waals surface area contributed by atoms with Gasteiger partial charge in [-0.3, -0.25) is 4.90 Å². The predicted octanol–water partition coefficient (Wildman–Crippen LogP) is 3.63. The number of ether oxygens (including phenoxy) is 2. The fourth-order valence-electron chi connectivity index (χ4n) is 6.03. The third-order valence-electron chi connectivity index (χ3n) is 7.21. The highest BCUT2D eigenvalue weighted by Crippen LogP contribution is 2.50. The maximum Gasteiger partial charge on any atom is 0.168 e. The normalized spacial score (nSPS) is 34.0. The molecule has 0 radical (unpaired) electrons. The van der Waals surface area contributed by atoms with Crippen molar-refractivity contribution in [3.63, 3.8) is 0 Å². The van der Waals surface area contributed by atoms with Crippen LogP contribution in [0.25, 0.3) is 10.9 Å². The molecule has 3 fully saturated rings. The number of hydrogen-bond acceptors (Lipinski definition) is 3. The van der Waals surface area contributed by atoms with Crippen LogP contribution < -0.4 is 0 Å². The van der Waals surface area contributed by atoms with Gasteiger partial charge in [-0.2, -0.15) is 0 Å². The summed E-state index contributed by atoms with van der Waals surface area (Å²) in [5, 5.41) is 1.44. The van der Waals surface area contributed by atoms with Gasteiger partial charge in [0.25, 0.3) is 0 Å². The van der Waals surface area contributed by atoms with Gasteiger partial charge in [0.15, 0.2) is 5.79 Å². The molecule has 1 spiro atoms. The molecule has 132 valence electrons. The molecule has 0 unspecified atom stereocenters. The van der Waals surface area contributed by atoms with Crippen molar-refractivity contribution >= 4 is 10.9 Å². The molecular formula is C21H26N2O2. The summed E-state index contributed by atoms with van der Waals surface area (Å²) in [4.78, 5) is 6.50. The number of nitrogens with one attached hydrogen (secondary N) is 1. The van der Waals surface area contributed by atoms with Crippen molar-refractivity contribution in [3.05, 3.63) is 35.5 Å². The average molecular weight is 338 g/mol. The Morgan fingerprint density at radius 2 is 2.00 bits per heavy atom. The van der Waals surface area contributed by atoms with Gasteiger partial charge in [-0.05, 0) is 42.7 Å². The van der Waals surface area contributed by atoms with E-state index < -0.39 is 0 Å². The van der Waals surface area contributed by atoms with Gasteiger partial charge in [0.05, 0.1) is 19.3 Å². The molecule has 4 aliphatic rings. The number of para-hydroxylation sites is 1. The highest BCUT2D eigenvalue weighted by molar-refractivity contribution is 5.85. The second-order valence-corrected chi connectivity index (χ2v) is 8.43. The molecule has 4 nitrogen and oxygen atoms in total. The first kappa shape index (κ1) is 14.8. The molecule has 1 N–H and O–H groups in total. The SMILES string of the molecule is c1ccc2c3c([nH]c2c1)[C@H]1C[C@@H]2CCC4(C[C@H]2CN1CC3)OCCO4. The van der Waals surface area contributed by atoms with Crippen molar-refractivity contribution in [2.45, 2.75) is 43.9 Å². The van der Waals surface area contributed by atoms with Crippen molar-refractivity contribution in [2.75, 3.05) is 26.3 Å². The Morgan fingerprint density at radius 3 is 2.92 bits per heavy atom. The molecule has 1 saturated carbocycles. The van der Waals surface area contributed by atoms with E-state index >= 15 is 0 Å². The van der Waals surface area contributed by atoms with E-state index in [2.05, 4.69) is 34.1 Å². The Bertz CT molecular complexity index is 807. The number of benzene rings is 1. The zero-order valence-electron chi connectivity index (χ0n) is 14.7. The molecule has 0 bridgehead atoms. The van der Waals surface area contributed by atoms with Crippen LogP contribution in [0.15, 0.2) is 24.3 Å². The van der Waals surface area contributed by atoms with Gasteiger partial charge >= 0.3 is 0 Å². The number of aromatic amines is 1. The van der Waals surface area contributed by atoms with E-state index in [-0.39, 0.29) is 5.79 Å². The number of rotatable bonds is 0. The van der Waals surface area contributed by atoms with E-state index in [1.807, 2.05) is 0 Å². The molecule has 1 aromatic carbocycles. The monoisotopic (exact) mass is 338 g/mol. The smallest absolute Gasteiger partial charge is 0.168 e. The molecule has 4 heterocycles. The van der Waals surface area contributed by atoms with E-state index in [0.717, 1.165) is 37.9 Å². The van der Waals surface area contributed by atoms with Gasteiger partial charge in [-0.15, -0.1) is 0 Å². The molecule has 0 amide bonds. The van der Waals surface area contributed by atoms with Gasteiger partial charge in [0.1, 0.15) is 0 Å². The van der Waals surface area contributed by atoms with Crippen LogP contribution in [0.4, 0.5) is 0 Å². The second-order valence-electron chi connectivity index (χ2n) is 8.43. The van der Waals surface area contributed by atoms with Crippen LogP contribution in [0.3, 0.4) is 0 Å². The van der Waals surface area contributed by atoms with Gasteiger partial charge in [0, 0.05) is 42.5 Å². The lowest BCUT2D eigenvalue weighted by Gasteiger charge is -2.51. The molecule has 25 heavy (non-hydrogen) atoms. The standard InChI is InChI=1S/C21H26N2O2/c1-2-4-18-16(3-1)17-6-8-23-13-15-12-21(24-9-10-25-21)7-5-14(15)11-19(23)20(17)22-18/h1-4,14-15,19,22H,5-13H2/t14-,15-,19+/m0/s1. The van der Waals surface area contributed by atoms with Crippen LogP contribution in [0, 0.1) is 11.8 Å². The summed E-state index contributed by atoms with van der Waals surface area (Å²) in [5.41, 5.74) is 4.39. The molecule has 2 saturated heterocycles. The zero-order valence-corrected chi connectivity index (χ0v) is 14.7. The lowest BCUT2D eigenvalue weighted by Crippen LogP contribution is -2.51. The van der Waals surface area contributed by atoms with E-state index in [9.17, 15) is 0 Å². The molecule has 3 atom stereocenters. The molecule has 2 aromatic rings.